The second kappa shape index (κ2) is 4.32. The molecular formula is C9H15F3N4. The molecule has 92 valence electrons. The molecule has 0 amide bonds. The number of anilines is 1. The molecule has 0 aliphatic heterocycles. The van der Waals surface area contributed by atoms with Crippen LogP contribution in [0.15, 0.2) is 0 Å². The number of nitrogens with zero attached hydrogens (tertiary/aromatic N) is 3. The Balaban J connectivity index is 2.73. The first-order chi connectivity index (χ1) is 7.20. The Bertz CT molecular complexity index is 370. The highest BCUT2D eigenvalue weighted by atomic mass is 19.4. The fraction of sp³-hybridized carbons (Fsp3) is 0.667. The van der Waals surface area contributed by atoms with Crippen LogP contribution in [-0.4, -0.2) is 34.4 Å². The number of alkyl halides is 3. The summed E-state index contributed by atoms with van der Waals surface area (Å²) in [5.74, 6) is 0.409. The Morgan fingerprint density at radius 2 is 2.00 bits per heavy atom. The molecule has 0 aliphatic rings. The van der Waals surface area contributed by atoms with Gasteiger partial charge in [-0.1, -0.05) is 0 Å². The number of aromatic nitrogens is 2. The van der Waals surface area contributed by atoms with Crippen molar-refractivity contribution in [2.75, 3.05) is 19.3 Å². The zero-order chi connectivity index (χ0) is 12.5. The van der Waals surface area contributed by atoms with Gasteiger partial charge in [0.1, 0.15) is 5.82 Å². The lowest BCUT2D eigenvalue weighted by Crippen LogP contribution is -2.30. The van der Waals surface area contributed by atoms with Crippen LogP contribution in [0.4, 0.5) is 19.0 Å². The predicted molar refractivity (Wildman–Crippen MR) is 54.7 cm³/mol. The van der Waals surface area contributed by atoms with Crippen molar-refractivity contribution in [3.05, 3.63) is 11.3 Å². The van der Waals surface area contributed by atoms with Gasteiger partial charge in [0.25, 0.3) is 0 Å². The fourth-order valence-electron chi connectivity index (χ4n) is 1.55. The van der Waals surface area contributed by atoms with E-state index in [0.717, 1.165) is 0 Å². The third kappa shape index (κ3) is 3.13. The van der Waals surface area contributed by atoms with Crippen molar-refractivity contribution >= 4 is 5.82 Å². The SMILES string of the molecule is Cc1nn(C)c(N)c1CN(C)CC(F)(F)F. The summed E-state index contributed by atoms with van der Waals surface area (Å²) in [4.78, 5) is 1.17. The van der Waals surface area contributed by atoms with Gasteiger partial charge in [0.15, 0.2) is 0 Å². The zero-order valence-corrected chi connectivity index (χ0v) is 9.47. The molecule has 0 fully saturated rings. The smallest absolute Gasteiger partial charge is 0.384 e. The van der Waals surface area contributed by atoms with Gasteiger partial charge in [-0.3, -0.25) is 9.58 Å². The first-order valence-corrected chi connectivity index (χ1v) is 4.74. The molecular weight excluding hydrogens is 221 g/mol. The van der Waals surface area contributed by atoms with Crippen LogP contribution >= 0.6 is 0 Å². The summed E-state index contributed by atoms with van der Waals surface area (Å²) < 4.78 is 37.8. The molecule has 0 aromatic carbocycles. The fourth-order valence-corrected chi connectivity index (χ4v) is 1.55. The van der Waals surface area contributed by atoms with Gasteiger partial charge in [-0.2, -0.15) is 18.3 Å². The Morgan fingerprint density at radius 3 is 2.38 bits per heavy atom. The van der Waals surface area contributed by atoms with Crippen molar-refractivity contribution in [3.63, 3.8) is 0 Å². The second-order valence-corrected chi connectivity index (χ2v) is 3.86. The maximum absolute atomic E-state index is 12.1. The summed E-state index contributed by atoms with van der Waals surface area (Å²) in [6.45, 7) is 0.916. The van der Waals surface area contributed by atoms with Gasteiger partial charge in [0.05, 0.1) is 12.2 Å². The van der Waals surface area contributed by atoms with Crippen LogP contribution in [0.3, 0.4) is 0 Å². The molecule has 7 heteroatoms. The van der Waals surface area contributed by atoms with E-state index in [1.54, 1.807) is 14.0 Å². The maximum Gasteiger partial charge on any atom is 0.401 e. The Morgan fingerprint density at radius 1 is 1.44 bits per heavy atom. The van der Waals surface area contributed by atoms with Gasteiger partial charge in [-0.25, -0.2) is 0 Å². The lowest BCUT2D eigenvalue weighted by Gasteiger charge is -2.18. The van der Waals surface area contributed by atoms with Crippen LogP contribution in [0, 0.1) is 6.92 Å². The third-order valence-electron chi connectivity index (χ3n) is 2.27. The highest BCUT2D eigenvalue weighted by Gasteiger charge is 2.29. The molecule has 0 saturated heterocycles. The maximum atomic E-state index is 12.1. The van der Waals surface area contributed by atoms with Gasteiger partial charge in [-0.15, -0.1) is 0 Å². The monoisotopic (exact) mass is 236 g/mol. The van der Waals surface area contributed by atoms with Crippen LogP contribution in [0.5, 0.6) is 0 Å². The molecule has 0 radical (unpaired) electrons. The minimum absolute atomic E-state index is 0.144. The van der Waals surface area contributed by atoms with E-state index >= 15 is 0 Å². The van der Waals surface area contributed by atoms with E-state index < -0.39 is 12.7 Å². The highest BCUT2D eigenvalue weighted by molar-refractivity contribution is 5.42. The van der Waals surface area contributed by atoms with Gasteiger partial charge in [-0.05, 0) is 14.0 Å². The molecule has 0 spiro atoms. The Labute approximate surface area is 91.8 Å². The third-order valence-corrected chi connectivity index (χ3v) is 2.27. The van der Waals surface area contributed by atoms with E-state index in [4.69, 9.17) is 5.73 Å². The van der Waals surface area contributed by atoms with Gasteiger partial charge in [0, 0.05) is 19.2 Å². The van der Waals surface area contributed by atoms with Crippen molar-refractivity contribution < 1.29 is 13.2 Å². The van der Waals surface area contributed by atoms with Gasteiger partial charge < -0.3 is 5.73 Å². The van der Waals surface area contributed by atoms with Crippen molar-refractivity contribution in [2.45, 2.75) is 19.6 Å². The number of nitrogens with two attached hydrogens (primary N) is 1. The van der Waals surface area contributed by atoms with E-state index in [-0.39, 0.29) is 6.54 Å². The minimum atomic E-state index is -4.19. The minimum Gasteiger partial charge on any atom is -0.384 e. The van der Waals surface area contributed by atoms with Crippen LogP contribution in [-0.2, 0) is 13.6 Å². The van der Waals surface area contributed by atoms with Crippen LogP contribution < -0.4 is 5.73 Å². The molecule has 1 rings (SSSR count). The van der Waals surface area contributed by atoms with Crippen LogP contribution in [0.1, 0.15) is 11.3 Å². The summed E-state index contributed by atoms with van der Waals surface area (Å²) >= 11 is 0. The molecule has 1 aromatic rings. The quantitative estimate of drug-likeness (QED) is 0.860. The van der Waals surface area contributed by atoms with Crippen molar-refractivity contribution in [2.24, 2.45) is 7.05 Å². The topological polar surface area (TPSA) is 47.1 Å². The summed E-state index contributed by atoms with van der Waals surface area (Å²) in [7, 11) is 3.06. The number of nitrogen functional groups attached to an aromatic ring is 1. The van der Waals surface area contributed by atoms with E-state index in [2.05, 4.69) is 5.10 Å². The molecule has 4 nitrogen and oxygen atoms in total. The molecule has 0 saturated carbocycles. The molecule has 2 N–H and O–H groups in total. The Kier molecular flexibility index (Phi) is 3.47. The number of hydrogen-bond donors (Lipinski definition) is 1. The second-order valence-electron chi connectivity index (χ2n) is 3.86. The van der Waals surface area contributed by atoms with Crippen LogP contribution in [0.25, 0.3) is 0 Å². The number of aryl methyl sites for hydroxylation is 2. The first kappa shape index (κ1) is 12.8. The zero-order valence-electron chi connectivity index (χ0n) is 9.47. The summed E-state index contributed by atoms with van der Waals surface area (Å²) in [5, 5.41) is 4.04. The highest BCUT2D eigenvalue weighted by Crippen LogP contribution is 2.20. The van der Waals surface area contributed by atoms with Gasteiger partial charge in [0.2, 0.25) is 0 Å². The molecule has 1 aromatic heterocycles. The average molecular weight is 236 g/mol. The van der Waals surface area contributed by atoms with E-state index in [1.807, 2.05) is 0 Å². The molecule has 0 atom stereocenters. The molecule has 16 heavy (non-hydrogen) atoms. The van der Waals surface area contributed by atoms with Crippen LogP contribution in [0.2, 0.25) is 0 Å². The number of hydrogen-bond acceptors (Lipinski definition) is 3. The van der Waals surface area contributed by atoms with Gasteiger partial charge >= 0.3 is 6.18 Å². The molecule has 0 unspecified atom stereocenters. The summed E-state index contributed by atoms with van der Waals surface area (Å²) in [6.07, 6.45) is -4.19. The number of rotatable bonds is 3. The van der Waals surface area contributed by atoms with Crippen molar-refractivity contribution in [1.82, 2.24) is 14.7 Å². The lowest BCUT2D eigenvalue weighted by molar-refractivity contribution is -0.144. The van der Waals surface area contributed by atoms with E-state index in [1.165, 1.54) is 16.6 Å². The van der Waals surface area contributed by atoms with Crippen molar-refractivity contribution in [3.8, 4) is 0 Å². The average Bonchev–Trinajstić information content (AvgIpc) is 2.29. The lowest BCUT2D eigenvalue weighted by atomic mass is 10.2. The molecule has 0 bridgehead atoms. The molecule has 0 aliphatic carbocycles. The van der Waals surface area contributed by atoms with E-state index in [9.17, 15) is 13.2 Å². The normalized spacial score (nSPS) is 12.4. The van der Waals surface area contributed by atoms with E-state index in [0.29, 0.717) is 17.1 Å². The summed E-state index contributed by atoms with van der Waals surface area (Å²) in [6, 6.07) is 0. The molecule has 1 heterocycles. The predicted octanol–water partition coefficient (Wildman–Crippen LogP) is 1.30. The summed E-state index contributed by atoms with van der Waals surface area (Å²) in [5.41, 5.74) is 7.02. The number of halogens is 3. The standard InChI is InChI=1S/C9H15F3N4/c1-6-7(8(13)16(3)14-6)4-15(2)5-9(10,11)12/h4-5,13H2,1-3H3. The first-order valence-electron chi connectivity index (χ1n) is 4.74. The largest absolute Gasteiger partial charge is 0.401 e. The Hall–Kier alpha value is -1.24. The van der Waals surface area contributed by atoms with Crippen molar-refractivity contribution in [1.29, 1.82) is 0 Å².